The second-order valence-corrected chi connectivity index (χ2v) is 6.56. The molecule has 0 bridgehead atoms. The van der Waals surface area contributed by atoms with Crippen molar-refractivity contribution in [3.63, 3.8) is 0 Å². The Bertz CT molecular complexity index is 719. The lowest BCUT2D eigenvalue weighted by Crippen LogP contribution is -2.21. The SMILES string of the molecule is CC(C)Oc1ccc(NC(=O)CNc2cc(Cl)c(Cl)cc2Cl)cc1. The standard InChI is InChI=1S/C17H17Cl3N2O2/c1-10(2)24-12-5-3-11(4-6-12)22-17(23)9-21-16-8-14(19)13(18)7-15(16)20/h3-8,10,21H,9H2,1-2H3,(H,22,23). The molecule has 0 saturated heterocycles. The van der Waals surface area contributed by atoms with Crippen LogP contribution < -0.4 is 15.4 Å². The second-order valence-electron chi connectivity index (χ2n) is 5.34. The molecule has 0 aliphatic rings. The van der Waals surface area contributed by atoms with Crippen LogP contribution >= 0.6 is 34.8 Å². The molecular weight excluding hydrogens is 371 g/mol. The average molecular weight is 388 g/mol. The maximum atomic E-state index is 12.0. The van der Waals surface area contributed by atoms with Crippen LogP contribution in [0.4, 0.5) is 11.4 Å². The number of ether oxygens (including phenoxy) is 1. The highest BCUT2D eigenvalue weighted by atomic mass is 35.5. The second kappa shape index (κ2) is 8.47. The van der Waals surface area contributed by atoms with Gasteiger partial charge in [0.05, 0.1) is 33.4 Å². The molecule has 24 heavy (non-hydrogen) atoms. The number of amides is 1. The molecule has 0 spiro atoms. The summed E-state index contributed by atoms with van der Waals surface area (Å²) >= 11 is 17.9. The minimum absolute atomic E-state index is 0.0436. The lowest BCUT2D eigenvalue weighted by Gasteiger charge is -2.12. The van der Waals surface area contributed by atoms with Gasteiger partial charge >= 0.3 is 0 Å². The molecule has 0 unspecified atom stereocenters. The number of benzene rings is 2. The molecule has 128 valence electrons. The van der Waals surface area contributed by atoms with E-state index in [4.69, 9.17) is 39.5 Å². The summed E-state index contributed by atoms with van der Waals surface area (Å²) in [5.74, 6) is 0.540. The predicted molar refractivity (Wildman–Crippen MR) is 101 cm³/mol. The largest absolute Gasteiger partial charge is 0.491 e. The van der Waals surface area contributed by atoms with E-state index in [9.17, 15) is 4.79 Å². The summed E-state index contributed by atoms with van der Waals surface area (Å²) in [5.41, 5.74) is 1.22. The van der Waals surface area contributed by atoms with Gasteiger partial charge in [-0.1, -0.05) is 34.8 Å². The molecule has 0 aromatic heterocycles. The number of carbonyl (C=O) groups is 1. The van der Waals surface area contributed by atoms with Gasteiger partial charge in [-0.05, 0) is 50.2 Å². The first-order chi connectivity index (χ1) is 11.3. The van der Waals surface area contributed by atoms with E-state index < -0.39 is 0 Å². The zero-order valence-electron chi connectivity index (χ0n) is 13.2. The fraction of sp³-hybridized carbons (Fsp3) is 0.235. The van der Waals surface area contributed by atoms with Crippen LogP contribution in [-0.4, -0.2) is 18.6 Å². The van der Waals surface area contributed by atoms with Crippen molar-refractivity contribution in [2.75, 3.05) is 17.2 Å². The molecular formula is C17H17Cl3N2O2. The van der Waals surface area contributed by atoms with Crippen molar-refractivity contribution in [2.45, 2.75) is 20.0 Å². The van der Waals surface area contributed by atoms with Gasteiger partial charge in [-0.25, -0.2) is 0 Å². The lowest BCUT2D eigenvalue weighted by atomic mass is 10.3. The number of hydrogen-bond donors (Lipinski definition) is 2. The van der Waals surface area contributed by atoms with Gasteiger partial charge in [0, 0.05) is 5.69 Å². The first-order valence-electron chi connectivity index (χ1n) is 7.30. The summed E-state index contributed by atoms with van der Waals surface area (Å²) < 4.78 is 5.55. The van der Waals surface area contributed by atoms with Gasteiger partial charge < -0.3 is 15.4 Å². The third kappa shape index (κ3) is 5.48. The van der Waals surface area contributed by atoms with Crippen molar-refractivity contribution in [3.05, 3.63) is 51.5 Å². The Morgan fingerprint density at radius 2 is 1.67 bits per heavy atom. The fourth-order valence-electron chi connectivity index (χ4n) is 1.93. The van der Waals surface area contributed by atoms with Gasteiger partial charge in [-0.3, -0.25) is 4.79 Å². The zero-order chi connectivity index (χ0) is 17.7. The quantitative estimate of drug-likeness (QED) is 0.645. The van der Waals surface area contributed by atoms with Crippen LogP contribution in [0, 0.1) is 0 Å². The van der Waals surface area contributed by atoms with Crippen LogP contribution in [-0.2, 0) is 4.79 Å². The van der Waals surface area contributed by atoms with Crippen molar-refractivity contribution in [2.24, 2.45) is 0 Å². The Morgan fingerprint density at radius 3 is 2.29 bits per heavy atom. The first-order valence-corrected chi connectivity index (χ1v) is 8.43. The molecule has 0 fully saturated rings. The summed E-state index contributed by atoms with van der Waals surface area (Å²) in [7, 11) is 0. The molecule has 0 aliphatic heterocycles. The topological polar surface area (TPSA) is 50.4 Å². The maximum absolute atomic E-state index is 12.0. The van der Waals surface area contributed by atoms with Crippen LogP contribution in [0.25, 0.3) is 0 Å². The molecule has 0 radical (unpaired) electrons. The molecule has 0 heterocycles. The number of halogens is 3. The number of carbonyl (C=O) groups excluding carboxylic acids is 1. The predicted octanol–water partition coefficient (Wildman–Crippen LogP) is 5.48. The van der Waals surface area contributed by atoms with E-state index in [1.165, 1.54) is 6.07 Å². The molecule has 2 rings (SSSR count). The third-order valence-corrected chi connectivity index (χ3v) is 3.99. The van der Waals surface area contributed by atoms with Crippen LogP contribution in [0.3, 0.4) is 0 Å². The van der Waals surface area contributed by atoms with E-state index in [0.29, 0.717) is 26.4 Å². The Kier molecular flexibility index (Phi) is 6.60. The molecule has 1 amide bonds. The van der Waals surface area contributed by atoms with Gasteiger partial charge in [0.25, 0.3) is 0 Å². The highest BCUT2D eigenvalue weighted by molar-refractivity contribution is 6.44. The Hall–Kier alpha value is -1.62. The summed E-state index contributed by atoms with van der Waals surface area (Å²) in [5, 5.41) is 6.83. The summed E-state index contributed by atoms with van der Waals surface area (Å²) in [6.07, 6.45) is 0.102. The van der Waals surface area contributed by atoms with E-state index in [1.54, 1.807) is 30.3 Å². The van der Waals surface area contributed by atoms with Crippen LogP contribution in [0.2, 0.25) is 15.1 Å². The molecule has 2 aromatic rings. The van der Waals surface area contributed by atoms with Crippen molar-refractivity contribution in [1.82, 2.24) is 0 Å². The average Bonchev–Trinajstić information content (AvgIpc) is 2.51. The molecule has 0 aliphatic carbocycles. The lowest BCUT2D eigenvalue weighted by molar-refractivity contribution is -0.114. The van der Waals surface area contributed by atoms with Crippen LogP contribution in [0.15, 0.2) is 36.4 Å². The Labute approximate surface area is 156 Å². The Morgan fingerprint density at radius 1 is 1.04 bits per heavy atom. The molecule has 7 heteroatoms. The molecule has 4 nitrogen and oxygen atoms in total. The van der Waals surface area contributed by atoms with E-state index in [2.05, 4.69) is 10.6 Å². The molecule has 0 atom stereocenters. The van der Waals surface area contributed by atoms with E-state index >= 15 is 0 Å². The Balaban J connectivity index is 1.90. The molecule has 2 aromatic carbocycles. The highest BCUT2D eigenvalue weighted by Gasteiger charge is 2.08. The van der Waals surface area contributed by atoms with Crippen LogP contribution in [0.5, 0.6) is 5.75 Å². The van der Waals surface area contributed by atoms with E-state index in [0.717, 1.165) is 5.75 Å². The normalized spacial score (nSPS) is 10.6. The third-order valence-electron chi connectivity index (χ3n) is 2.96. The summed E-state index contributed by atoms with van der Waals surface area (Å²) in [4.78, 5) is 12.0. The highest BCUT2D eigenvalue weighted by Crippen LogP contribution is 2.32. The van der Waals surface area contributed by atoms with Crippen molar-refractivity contribution < 1.29 is 9.53 Å². The monoisotopic (exact) mass is 386 g/mol. The number of rotatable bonds is 6. The van der Waals surface area contributed by atoms with Gasteiger partial charge in [-0.15, -0.1) is 0 Å². The van der Waals surface area contributed by atoms with Gasteiger partial charge in [0.15, 0.2) is 0 Å². The van der Waals surface area contributed by atoms with Gasteiger partial charge in [0.2, 0.25) is 5.91 Å². The minimum Gasteiger partial charge on any atom is -0.491 e. The van der Waals surface area contributed by atoms with E-state index in [1.807, 2.05) is 13.8 Å². The number of hydrogen-bond acceptors (Lipinski definition) is 3. The smallest absolute Gasteiger partial charge is 0.243 e. The van der Waals surface area contributed by atoms with Gasteiger partial charge in [0.1, 0.15) is 5.75 Å². The number of anilines is 2. The fourth-order valence-corrected chi connectivity index (χ4v) is 2.54. The van der Waals surface area contributed by atoms with E-state index in [-0.39, 0.29) is 18.6 Å². The first kappa shape index (κ1) is 18.7. The van der Waals surface area contributed by atoms with Crippen molar-refractivity contribution in [1.29, 1.82) is 0 Å². The van der Waals surface area contributed by atoms with Crippen LogP contribution in [0.1, 0.15) is 13.8 Å². The van der Waals surface area contributed by atoms with Gasteiger partial charge in [-0.2, -0.15) is 0 Å². The minimum atomic E-state index is -0.213. The van der Waals surface area contributed by atoms with Crippen molar-refractivity contribution in [3.8, 4) is 5.75 Å². The molecule has 0 saturated carbocycles. The van der Waals surface area contributed by atoms with Crippen molar-refractivity contribution >= 4 is 52.1 Å². The maximum Gasteiger partial charge on any atom is 0.243 e. The zero-order valence-corrected chi connectivity index (χ0v) is 15.5. The molecule has 2 N–H and O–H groups in total. The summed E-state index contributed by atoms with van der Waals surface area (Å²) in [6, 6.07) is 10.3. The summed E-state index contributed by atoms with van der Waals surface area (Å²) in [6.45, 7) is 3.95. The number of nitrogens with one attached hydrogen (secondary N) is 2.